The van der Waals surface area contributed by atoms with Crippen LogP contribution < -0.4 is 0 Å². The maximum Gasteiger partial charge on any atom is 0.335 e. The standard InChI is InChI=1S/C14H15N3O2S/c1-7-5-11(13(18)19)6-12(15-7)20-14-16-9(3)8(2)10(4)17-14/h5-6H,1-4H3,(H,18,19). The van der Waals surface area contributed by atoms with Crippen LogP contribution in [0, 0.1) is 27.7 Å². The molecule has 2 aromatic rings. The first-order chi connectivity index (χ1) is 9.36. The van der Waals surface area contributed by atoms with Gasteiger partial charge in [0.25, 0.3) is 0 Å². The lowest BCUT2D eigenvalue weighted by molar-refractivity contribution is 0.0696. The lowest BCUT2D eigenvalue weighted by Crippen LogP contribution is -2.01. The smallest absolute Gasteiger partial charge is 0.335 e. The molecule has 0 bridgehead atoms. The Bertz CT molecular complexity index is 663. The highest BCUT2D eigenvalue weighted by Crippen LogP contribution is 2.25. The minimum atomic E-state index is -0.963. The van der Waals surface area contributed by atoms with Crippen LogP contribution in [0.2, 0.25) is 0 Å². The van der Waals surface area contributed by atoms with Gasteiger partial charge in [0.2, 0.25) is 0 Å². The van der Waals surface area contributed by atoms with Crippen molar-refractivity contribution in [2.24, 2.45) is 0 Å². The summed E-state index contributed by atoms with van der Waals surface area (Å²) in [4.78, 5) is 24.2. The number of nitrogens with zero attached hydrogens (tertiary/aromatic N) is 3. The summed E-state index contributed by atoms with van der Waals surface area (Å²) in [5.74, 6) is -0.963. The number of aryl methyl sites for hydroxylation is 3. The molecule has 0 aliphatic heterocycles. The quantitative estimate of drug-likeness (QED) is 0.875. The van der Waals surface area contributed by atoms with Crippen LogP contribution in [-0.2, 0) is 0 Å². The van der Waals surface area contributed by atoms with Crippen molar-refractivity contribution in [3.8, 4) is 0 Å². The van der Waals surface area contributed by atoms with Gasteiger partial charge in [0.1, 0.15) is 5.03 Å². The van der Waals surface area contributed by atoms with Crippen molar-refractivity contribution in [3.63, 3.8) is 0 Å². The van der Waals surface area contributed by atoms with Crippen molar-refractivity contribution in [2.45, 2.75) is 37.9 Å². The number of carboxylic acids is 1. The van der Waals surface area contributed by atoms with E-state index in [1.807, 2.05) is 20.8 Å². The molecule has 0 aliphatic rings. The number of aromatic nitrogens is 3. The van der Waals surface area contributed by atoms with E-state index in [0.29, 0.717) is 15.9 Å². The summed E-state index contributed by atoms with van der Waals surface area (Å²) in [5, 5.41) is 10.2. The Balaban J connectivity index is 2.37. The van der Waals surface area contributed by atoms with Gasteiger partial charge in [-0.25, -0.2) is 19.7 Å². The van der Waals surface area contributed by atoms with E-state index in [0.717, 1.165) is 17.0 Å². The molecule has 0 fully saturated rings. The van der Waals surface area contributed by atoms with Crippen molar-refractivity contribution >= 4 is 17.7 Å². The molecule has 104 valence electrons. The van der Waals surface area contributed by atoms with Gasteiger partial charge >= 0.3 is 5.97 Å². The second-order valence-corrected chi connectivity index (χ2v) is 5.53. The number of hydrogen-bond acceptors (Lipinski definition) is 5. The summed E-state index contributed by atoms with van der Waals surface area (Å²) in [5.41, 5.74) is 3.79. The van der Waals surface area contributed by atoms with Gasteiger partial charge in [0, 0.05) is 17.1 Å². The summed E-state index contributed by atoms with van der Waals surface area (Å²) in [6.45, 7) is 7.61. The van der Waals surface area contributed by atoms with Crippen LogP contribution in [0.15, 0.2) is 22.3 Å². The summed E-state index contributed by atoms with van der Waals surface area (Å²) >= 11 is 1.27. The number of pyridine rings is 1. The molecule has 2 aromatic heterocycles. The zero-order valence-electron chi connectivity index (χ0n) is 11.8. The first kappa shape index (κ1) is 14.5. The molecule has 6 heteroatoms. The Morgan fingerprint density at radius 2 is 1.65 bits per heavy atom. The Morgan fingerprint density at radius 3 is 2.20 bits per heavy atom. The van der Waals surface area contributed by atoms with Crippen LogP contribution in [0.1, 0.15) is 33.0 Å². The first-order valence-electron chi connectivity index (χ1n) is 6.08. The highest BCUT2D eigenvalue weighted by Gasteiger charge is 2.11. The van der Waals surface area contributed by atoms with E-state index in [1.54, 1.807) is 13.0 Å². The Labute approximate surface area is 121 Å². The molecule has 0 saturated heterocycles. The van der Waals surface area contributed by atoms with Gasteiger partial charge in [-0.15, -0.1) is 0 Å². The summed E-state index contributed by atoms with van der Waals surface area (Å²) in [6.07, 6.45) is 0. The van der Waals surface area contributed by atoms with E-state index < -0.39 is 5.97 Å². The molecule has 5 nitrogen and oxygen atoms in total. The monoisotopic (exact) mass is 289 g/mol. The summed E-state index contributed by atoms with van der Waals surface area (Å²) in [7, 11) is 0. The van der Waals surface area contributed by atoms with E-state index in [4.69, 9.17) is 5.11 Å². The van der Waals surface area contributed by atoms with Gasteiger partial charge < -0.3 is 5.11 Å². The first-order valence-corrected chi connectivity index (χ1v) is 6.90. The third-order valence-electron chi connectivity index (χ3n) is 2.98. The normalized spacial score (nSPS) is 10.6. The molecule has 0 aromatic carbocycles. The number of carboxylic acid groups (broad SMARTS) is 1. The van der Waals surface area contributed by atoms with Crippen LogP contribution in [0.4, 0.5) is 0 Å². The lowest BCUT2D eigenvalue weighted by Gasteiger charge is -2.07. The molecule has 0 saturated carbocycles. The summed E-state index contributed by atoms with van der Waals surface area (Å²) < 4.78 is 0. The Hall–Kier alpha value is -1.95. The van der Waals surface area contributed by atoms with E-state index in [2.05, 4.69) is 15.0 Å². The van der Waals surface area contributed by atoms with Crippen LogP contribution in [-0.4, -0.2) is 26.0 Å². The highest BCUT2D eigenvalue weighted by atomic mass is 32.2. The van der Waals surface area contributed by atoms with Gasteiger partial charge in [-0.2, -0.15) is 0 Å². The number of carbonyl (C=O) groups is 1. The van der Waals surface area contributed by atoms with Gasteiger partial charge in [0.05, 0.1) is 5.56 Å². The predicted octanol–water partition coefficient (Wildman–Crippen LogP) is 2.95. The largest absolute Gasteiger partial charge is 0.478 e. The maximum absolute atomic E-state index is 11.0. The van der Waals surface area contributed by atoms with Crippen LogP contribution in [0.25, 0.3) is 0 Å². The number of hydrogen-bond donors (Lipinski definition) is 1. The van der Waals surface area contributed by atoms with Crippen LogP contribution >= 0.6 is 11.8 Å². The fourth-order valence-corrected chi connectivity index (χ4v) is 2.62. The highest BCUT2D eigenvalue weighted by molar-refractivity contribution is 7.99. The lowest BCUT2D eigenvalue weighted by atomic mass is 10.2. The molecule has 0 atom stereocenters. The number of aromatic carboxylic acids is 1. The molecule has 0 spiro atoms. The molecule has 2 heterocycles. The third kappa shape index (κ3) is 3.14. The van der Waals surface area contributed by atoms with Crippen molar-refractivity contribution in [1.29, 1.82) is 0 Å². The minimum Gasteiger partial charge on any atom is -0.478 e. The minimum absolute atomic E-state index is 0.223. The van der Waals surface area contributed by atoms with Crippen molar-refractivity contribution in [1.82, 2.24) is 15.0 Å². The van der Waals surface area contributed by atoms with Gasteiger partial charge in [0.15, 0.2) is 5.16 Å². The number of rotatable bonds is 3. The Morgan fingerprint density at radius 1 is 1.05 bits per heavy atom. The average molecular weight is 289 g/mol. The fourth-order valence-electron chi connectivity index (χ4n) is 1.69. The van der Waals surface area contributed by atoms with Crippen molar-refractivity contribution in [2.75, 3.05) is 0 Å². The zero-order chi connectivity index (χ0) is 14.9. The second kappa shape index (κ2) is 5.58. The van der Waals surface area contributed by atoms with Crippen molar-refractivity contribution in [3.05, 3.63) is 40.3 Å². The Kier molecular flexibility index (Phi) is 4.04. The molecular weight excluding hydrogens is 274 g/mol. The third-order valence-corrected chi connectivity index (χ3v) is 3.77. The fraction of sp³-hybridized carbons (Fsp3) is 0.286. The molecular formula is C14H15N3O2S. The topological polar surface area (TPSA) is 76.0 Å². The predicted molar refractivity (Wildman–Crippen MR) is 76.3 cm³/mol. The molecule has 20 heavy (non-hydrogen) atoms. The molecule has 0 radical (unpaired) electrons. The van der Waals surface area contributed by atoms with Gasteiger partial charge in [-0.1, -0.05) is 0 Å². The van der Waals surface area contributed by atoms with Crippen molar-refractivity contribution < 1.29 is 9.90 Å². The van der Waals surface area contributed by atoms with Crippen LogP contribution in [0.3, 0.4) is 0 Å². The molecule has 1 N–H and O–H groups in total. The molecule has 0 aliphatic carbocycles. The molecule has 0 amide bonds. The molecule has 2 rings (SSSR count). The average Bonchev–Trinajstić information content (AvgIpc) is 2.35. The van der Waals surface area contributed by atoms with E-state index in [1.165, 1.54) is 17.8 Å². The zero-order valence-corrected chi connectivity index (χ0v) is 12.6. The van der Waals surface area contributed by atoms with E-state index in [9.17, 15) is 4.79 Å². The summed E-state index contributed by atoms with van der Waals surface area (Å²) in [6, 6.07) is 3.08. The van der Waals surface area contributed by atoms with Crippen LogP contribution in [0.5, 0.6) is 0 Å². The SMILES string of the molecule is Cc1cc(C(=O)O)cc(Sc2nc(C)c(C)c(C)n2)n1. The van der Waals surface area contributed by atoms with E-state index >= 15 is 0 Å². The van der Waals surface area contributed by atoms with E-state index in [-0.39, 0.29) is 5.56 Å². The van der Waals surface area contributed by atoms with Gasteiger partial charge in [-0.05, 0) is 57.2 Å². The van der Waals surface area contributed by atoms with Gasteiger partial charge in [-0.3, -0.25) is 0 Å². The molecule has 0 unspecified atom stereocenters. The second-order valence-electron chi connectivity index (χ2n) is 4.54. The maximum atomic E-state index is 11.0.